The van der Waals surface area contributed by atoms with Crippen molar-refractivity contribution >= 4 is 11.3 Å². The average molecular weight is 181 g/mol. The van der Waals surface area contributed by atoms with Crippen molar-refractivity contribution in [3.05, 3.63) is 21.4 Å². The van der Waals surface area contributed by atoms with Crippen LogP contribution in [-0.4, -0.2) is 18.5 Å². The molecule has 0 saturated heterocycles. The van der Waals surface area contributed by atoms with Crippen LogP contribution in [0, 0.1) is 6.92 Å². The van der Waals surface area contributed by atoms with E-state index in [1.165, 1.54) is 17.8 Å². The zero-order valence-corrected chi connectivity index (χ0v) is 8.74. The molecule has 1 aromatic rings. The molecule has 2 heterocycles. The minimum Gasteiger partial charge on any atom is -0.299 e. The van der Waals surface area contributed by atoms with E-state index in [2.05, 4.69) is 31.9 Å². The molecule has 0 saturated carbocycles. The fourth-order valence-electron chi connectivity index (χ4n) is 1.84. The Morgan fingerprint density at radius 2 is 2.33 bits per heavy atom. The average Bonchev–Trinajstić information content (AvgIpc) is 2.39. The molecule has 0 bridgehead atoms. The maximum Gasteiger partial charge on any atom is 0.0328 e. The Hall–Kier alpha value is -0.340. The summed E-state index contributed by atoms with van der Waals surface area (Å²) in [6.45, 7) is 5.72. The first-order valence-corrected chi connectivity index (χ1v) is 5.29. The van der Waals surface area contributed by atoms with Gasteiger partial charge in [0.1, 0.15) is 0 Å². The molecule has 1 aromatic heterocycles. The summed E-state index contributed by atoms with van der Waals surface area (Å²) in [5, 5.41) is 0. The van der Waals surface area contributed by atoms with E-state index in [1.807, 2.05) is 11.3 Å². The van der Waals surface area contributed by atoms with Gasteiger partial charge in [-0.1, -0.05) is 0 Å². The highest BCUT2D eigenvalue weighted by Crippen LogP contribution is 2.33. The van der Waals surface area contributed by atoms with E-state index in [0.29, 0.717) is 6.04 Å². The molecular formula is C10H15NS. The number of aryl methyl sites for hydroxylation is 1. The second-order valence-electron chi connectivity index (χ2n) is 3.64. The molecule has 0 spiro atoms. The van der Waals surface area contributed by atoms with E-state index < -0.39 is 0 Å². The van der Waals surface area contributed by atoms with Gasteiger partial charge < -0.3 is 0 Å². The molecule has 1 nitrogen and oxygen atoms in total. The van der Waals surface area contributed by atoms with Crippen LogP contribution in [0.5, 0.6) is 0 Å². The van der Waals surface area contributed by atoms with Crippen molar-refractivity contribution in [3.63, 3.8) is 0 Å². The lowest BCUT2D eigenvalue weighted by Crippen LogP contribution is -2.29. The second-order valence-corrected chi connectivity index (χ2v) is 4.98. The molecular weight excluding hydrogens is 166 g/mol. The molecule has 0 N–H and O–H groups in total. The third-order valence-corrected chi connectivity index (χ3v) is 3.89. The zero-order valence-electron chi connectivity index (χ0n) is 7.92. The number of thiophene rings is 1. The first-order valence-electron chi connectivity index (χ1n) is 4.48. The highest BCUT2D eigenvalue weighted by molar-refractivity contribution is 7.12. The van der Waals surface area contributed by atoms with Gasteiger partial charge in [0.15, 0.2) is 0 Å². The van der Waals surface area contributed by atoms with Crippen LogP contribution in [0.2, 0.25) is 0 Å². The van der Waals surface area contributed by atoms with Crippen LogP contribution < -0.4 is 0 Å². The van der Waals surface area contributed by atoms with E-state index in [9.17, 15) is 0 Å². The Bertz CT molecular complexity index is 290. The molecule has 1 aliphatic rings. The second kappa shape index (κ2) is 2.86. The molecule has 0 radical (unpaired) electrons. The number of fused-ring (bicyclic) bond motifs is 1. The quantitative estimate of drug-likeness (QED) is 0.594. The van der Waals surface area contributed by atoms with Gasteiger partial charge in [-0.3, -0.25) is 4.90 Å². The topological polar surface area (TPSA) is 3.24 Å². The predicted molar refractivity (Wildman–Crippen MR) is 53.8 cm³/mol. The monoisotopic (exact) mass is 181 g/mol. The maximum atomic E-state index is 2.43. The minimum atomic E-state index is 0.624. The third-order valence-electron chi connectivity index (χ3n) is 2.77. The van der Waals surface area contributed by atoms with E-state index in [-0.39, 0.29) is 0 Å². The van der Waals surface area contributed by atoms with Crippen molar-refractivity contribution < 1.29 is 0 Å². The van der Waals surface area contributed by atoms with Crippen LogP contribution in [0.4, 0.5) is 0 Å². The lowest BCUT2D eigenvalue weighted by molar-refractivity contribution is 0.250. The van der Waals surface area contributed by atoms with Gasteiger partial charge in [0.25, 0.3) is 0 Å². The third kappa shape index (κ3) is 1.19. The number of likely N-dealkylation sites (N-methyl/N-ethyl adjacent to an activating group) is 1. The summed E-state index contributed by atoms with van der Waals surface area (Å²) in [4.78, 5) is 5.49. The van der Waals surface area contributed by atoms with Gasteiger partial charge in [-0.05, 0) is 38.9 Å². The maximum absolute atomic E-state index is 2.43. The van der Waals surface area contributed by atoms with E-state index in [0.717, 1.165) is 0 Å². The molecule has 1 aliphatic heterocycles. The lowest BCUT2D eigenvalue weighted by atomic mass is 10.0. The van der Waals surface area contributed by atoms with Gasteiger partial charge in [0.05, 0.1) is 0 Å². The molecule has 1 unspecified atom stereocenters. The fourth-order valence-corrected chi connectivity index (χ4v) is 2.96. The molecule has 0 aromatic carbocycles. The summed E-state index contributed by atoms with van der Waals surface area (Å²) in [6, 6.07) is 2.97. The smallest absolute Gasteiger partial charge is 0.0328 e. The van der Waals surface area contributed by atoms with E-state index in [4.69, 9.17) is 0 Å². The summed E-state index contributed by atoms with van der Waals surface area (Å²) < 4.78 is 0. The molecule has 0 fully saturated rings. The van der Waals surface area contributed by atoms with Crippen LogP contribution in [0.1, 0.15) is 28.3 Å². The highest BCUT2D eigenvalue weighted by Gasteiger charge is 2.22. The van der Waals surface area contributed by atoms with Crippen LogP contribution >= 0.6 is 11.3 Å². The SMILES string of the molecule is Cc1cc2c(s1)CCN(C)C2C. The number of nitrogens with zero attached hydrogens (tertiary/aromatic N) is 1. The van der Waals surface area contributed by atoms with Gasteiger partial charge in [0.2, 0.25) is 0 Å². The summed E-state index contributed by atoms with van der Waals surface area (Å²) in [7, 11) is 2.21. The minimum absolute atomic E-state index is 0.624. The molecule has 0 aliphatic carbocycles. The summed E-state index contributed by atoms with van der Waals surface area (Å²) in [6.07, 6.45) is 1.24. The summed E-state index contributed by atoms with van der Waals surface area (Å²) in [5.41, 5.74) is 1.56. The highest BCUT2D eigenvalue weighted by atomic mass is 32.1. The molecule has 2 rings (SSSR count). The Morgan fingerprint density at radius 1 is 1.58 bits per heavy atom. The van der Waals surface area contributed by atoms with E-state index >= 15 is 0 Å². The molecule has 0 amide bonds. The lowest BCUT2D eigenvalue weighted by Gasteiger charge is -2.29. The van der Waals surface area contributed by atoms with Gasteiger partial charge in [-0.2, -0.15) is 0 Å². The molecule has 12 heavy (non-hydrogen) atoms. The van der Waals surface area contributed by atoms with Gasteiger partial charge in [-0.25, -0.2) is 0 Å². The zero-order chi connectivity index (χ0) is 8.72. The van der Waals surface area contributed by atoms with Crippen LogP contribution in [0.15, 0.2) is 6.07 Å². The number of hydrogen-bond acceptors (Lipinski definition) is 2. The first-order chi connectivity index (χ1) is 5.68. The Labute approximate surface area is 78.0 Å². The predicted octanol–water partition coefficient (Wildman–Crippen LogP) is 2.61. The Kier molecular flexibility index (Phi) is 1.97. The van der Waals surface area contributed by atoms with Crippen LogP contribution in [-0.2, 0) is 6.42 Å². The largest absolute Gasteiger partial charge is 0.299 e. The van der Waals surface area contributed by atoms with Gasteiger partial charge in [0, 0.05) is 22.3 Å². The van der Waals surface area contributed by atoms with Crippen molar-refractivity contribution in [3.8, 4) is 0 Å². The van der Waals surface area contributed by atoms with Gasteiger partial charge in [-0.15, -0.1) is 11.3 Å². The summed E-state index contributed by atoms with van der Waals surface area (Å²) in [5.74, 6) is 0. The van der Waals surface area contributed by atoms with E-state index in [1.54, 1.807) is 10.4 Å². The number of hydrogen-bond donors (Lipinski definition) is 0. The van der Waals surface area contributed by atoms with Crippen molar-refractivity contribution in [2.75, 3.05) is 13.6 Å². The normalized spacial score (nSPS) is 24.1. The summed E-state index contributed by atoms with van der Waals surface area (Å²) >= 11 is 1.97. The van der Waals surface area contributed by atoms with Crippen LogP contribution in [0.25, 0.3) is 0 Å². The van der Waals surface area contributed by atoms with Crippen molar-refractivity contribution in [1.82, 2.24) is 4.90 Å². The van der Waals surface area contributed by atoms with Gasteiger partial charge >= 0.3 is 0 Å². The van der Waals surface area contributed by atoms with Crippen molar-refractivity contribution in [1.29, 1.82) is 0 Å². The standard InChI is InChI=1S/C10H15NS/c1-7-6-9-8(2)11(3)5-4-10(9)12-7/h6,8H,4-5H2,1-3H3. The Morgan fingerprint density at radius 3 is 3.08 bits per heavy atom. The van der Waals surface area contributed by atoms with Crippen LogP contribution in [0.3, 0.4) is 0 Å². The molecule has 2 heteroatoms. The molecule has 1 atom stereocenters. The first kappa shape index (κ1) is 8.27. The fraction of sp³-hybridized carbons (Fsp3) is 0.600. The number of rotatable bonds is 0. The van der Waals surface area contributed by atoms with Crippen molar-refractivity contribution in [2.45, 2.75) is 26.3 Å². The molecule has 66 valence electrons. The Balaban J connectivity index is 2.41. The van der Waals surface area contributed by atoms with Crippen molar-refractivity contribution in [2.24, 2.45) is 0 Å².